The molecule has 0 aliphatic heterocycles. The van der Waals surface area contributed by atoms with Crippen LogP contribution in [0.5, 0.6) is 0 Å². The molecule has 0 saturated carbocycles. The van der Waals surface area contributed by atoms with E-state index in [0.717, 1.165) is 18.2 Å². The number of aromatic nitrogens is 1. The van der Waals surface area contributed by atoms with Crippen molar-refractivity contribution >= 4 is 28.3 Å². The van der Waals surface area contributed by atoms with Gasteiger partial charge >= 0.3 is 5.92 Å². The van der Waals surface area contributed by atoms with Gasteiger partial charge < -0.3 is 10.7 Å². The van der Waals surface area contributed by atoms with Crippen molar-refractivity contribution in [2.45, 2.75) is 5.92 Å². The summed E-state index contributed by atoms with van der Waals surface area (Å²) in [7, 11) is 0. The monoisotopic (exact) mass is 431 g/mol. The Labute approximate surface area is 172 Å². The summed E-state index contributed by atoms with van der Waals surface area (Å²) < 4.78 is 68.8. The molecule has 3 rings (SSSR count). The van der Waals surface area contributed by atoms with E-state index in [1.54, 1.807) is 12.1 Å². The summed E-state index contributed by atoms with van der Waals surface area (Å²) in [6.07, 6.45) is 3.27. The lowest BCUT2D eigenvalue weighted by atomic mass is 10.0. The van der Waals surface area contributed by atoms with Crippen molar-refractivity contribution in [3.05, 3.63) is 89.4 Å². The quantitative estimate of drug-likeness (QED) is 0.200. The molecule has 0 unspecified atom stereocenters. The van der Waals surface area contributed by atoms with Gasteiger partial charge in [0, 0.05) is 22.7 Å². The van der Waals surface area contributed by atoms with Crippen molar-refractivity contribution in [3.63, 3.8) is 0 Å². The Morgan fingerprint density at radius 1 is 0.935 bits per heavy atom. The fourth-order valence-corrected chi connectivity index (χ4v) is 2.64. The Balaban J connectivity index is 1.71. The van der Waals surface area contributed by atoms with Gasteiger partial charge in [-0.05, 0) is 42.5 Å². The van der Waals surface area contributed by atoms with Crippen LogP contribution in [0.4, 0.5) is 22.0 Å². The summed E-state index contributed by atoms with van der Waals surface area (Å²) in [6.45, 7) is 0. The zero-order valence-electron chi connectivity index (χ0n) is 15.6. The SMILES string of the molecule is N=C(/C=C\C(=N)c1cc(F)c(F)c(F)c1)NC(=N)C(F)(F)c1ccc2ncccc2c1. The van der Waals surface area contributed by atoms with Gasteiger partial charge in [-0.1, -0.05) is 12.1 Å². The predicted molar refractivity (Wildman–Crippen MR) is 107 cm³/mol. The highest BCUT2D eigenvalue weighted by Crippen LogP contribution is 2.30. The molecule has 1 aromatic heterocycles. The molecular weight excluding hydrogens is 417 g/mol. The molecule has 0 radical (unpaired) electrons. The van der Waals surface area contributed by atoms with Gasteiger partial charge in [-0.15, -0.1) is 0 Å². The molecule has 0 amide bonds. The van der Waals surface area contributed by atoms with Gasteiger partial charge in [0.25, 0.3) is 0 Å². The zero-order valence-corrected chi connectivity index (χ0v) is 15.6. The highest BCUT2D eigenvalue weighted by Gasteiger charge is 2.38. The van der Waals surface area contributed by atoms with Crippen molar-refractivity contribution in [2.24, 2.45) is 0 Å². The summed E-state index contributed by atoms with van der Waals surface area (Å²) in [4.78, 5) is 4.03. The normalized spacial score (nSPS) is 11.6. The molecule has 1 heterocycles. The maximum absolute atomic E-state index is 14.6. The molecule has 0 aliphatic carbocycles. The molecule has 2 aromatic carbocycles. The zero-order chi connectivity index (χ0) is 22.8. The van der Waals surface area contributed by atoms with Crippen LogP contribution in [-0.4, -0.2) is 22.4 Å². The Bertz CT molecular complexity index is 1210. The molecule has 0 saturated heterocycles. The number of benzene rings is 2. The Kier molecular flexibility index (Phi) is 5.91. The third-order valence-corrected chi connectivity index (χ3v) is 4.25. The number of hydrogen-bond donors (Lipinski definition) is 4. The smallest absolute Gasteiger partial charge is 0.324 e. The topological polar surface area (TPSA) is 96.5 Å². The fraction of sp³-hybridized carbons (Fsp3) is 0.0476. The van der Waals surface area contributed by atoms with Gasteiger partial charge in [0.2, 0.25) is 0 Å². The summed E-state index contributed by atoms with van der Waals surface area (Å²) >= 11 is 0. The van der Waals surface area contributed by atoms with Crippen molar-refractivity contribution in [3.8, 4) is 0 Å². The number of nitrogens with zero attached hydrogens (tertiary/aromatic N) is 1. The van der Waals surface area contributed by atoms with Crippen LogP contribution >= 0.6 is 0 Å². The van der Waals surface area contributed by atoms with E-state index < -0.39 is 46.3 Å². The van der Waals surface area contributed by atoms with Gasteiger partial charge in [-0.25, -0.2) is 13.2 Å². The number of hydrogen-bond acceptors (Lipinski definition) is 4. The highest BCUT2D eigenvalue weighted by molar-refractivity contribution is 6.12. The predicted octanol–water partition coefficient (Wildman–Crippen LogP) is 4.91. The summed E-state index contributed by atoms with van der Waals surface area (Å²) in [5, 5.41) is 25.4. The van der Waals surface area contributed by atoms with Crippen molar-refractivity contribution in [2.75, 3.05) is 0 Å². The lowest BCUT2D eigenvalue weighted by Gasteiger charge is -2.19. The van der Waals surface area contributed by atoms with Crippen LogP contribution in [0.15, 0.2) is 60.8 Å². The maximum atomic E-state index is 14.6. The summed E-state index contributed by atoms with van der Waals surface area (Å²) in [5.41, 5.74) is -0.785. The molecule has 5 nitrogen and oxygen atoms in total. The standard InChI is InChI=1S/C21H14F5N5/c22-14-9-12(10-15(23)19(14)24)16(27)4-6-18(28)31-20(29)21(25,26)13-3-5-17-11(8-13)2-1-7-30-17/h1-10,27H,(H3,28,29,31)/b6-4-,27-16?. The average Bonchev–Trinajstić information content (AvgIpc) is 2.74. The summed E-state index contributed by atoms with van der Waals surface area (Å²) in [5.74, 6) is -10.4. The lowest BCUT2D eigenvalue weighted by molar-refractivity contribution is 0.0721. The van der Waals surface area contributed by atoms with Gasteiger partial charge in [0.05, 0.1) is 11.2 Å². The first kappa shape index (κ1) is 21.8. The van der Waals surface area contributed by atoms with E-state index in [0.29, 0.717) is 23.0 Å². The van der Waals surface area contributed by atoms with Gasteiger partial charge in [-0.2, -0.15) is 8.78 Å². The first-order valence-corrected chi connectivity index (χ1v) is 8.69. The molecule has 31 heavy (non-hydrogen) atoms. The van der Waals surface area contributed by atoms with Crippen LogP contribution in [0.3, 0.4) is 0 Å². The van der Waals surface area contributed by atoms with Crippen LogP contribution in [0.1, 0.15) is 11.1 Å². The Hall–Kier alpha value is -3.95. The first-order chi connectivity index (χ1) is 14.6. The van der Waals surface area contributed by atoms with E-state index >= 15 is 0 Å². The highest BCUT2D eigenvalue weighted by atomic mass is 19.3. The second kappa shape index (κ2) is 8.42. The van der Waals surface area contributed by atoms with Crippen LogP contribution in [0, 0.1) is 33.7 Å². The Morgan fingerprint density at radius 3 is 2.29 bits per heavy atom. The number of halogens is 5. The Morgan fingerprint density at radius 2 is 1.61 bits per heavy atom. The van der Waals surface area contributed by atoms with Gasteiger partial charge in [0.15, 0.2) is 23.3 Å². The number of nitrogens with one attached hydrogen (secondary N) is 4. The van der Waals surface area contributed by atoms with E-state index in [-0.39, 0.29) is 5.56 Å². The molecule has 4 N–H and O–H groups in total. The van der Waals surface area contributed by atoms with Crippen LogP contribution < -0.4 is 5.32 Å². The molecule has 0 fully saturated rings. The average molecular weight is 431 g/mol. The first-order valence-electron chi connectivity index (χ1n) is 8.69. The third-order valence-electron chi connectivity index (χ3n) is 4.25. The van der Waals surface area contributed by atoms with Crippen LogP contribution in [0.2, 0.25) is 0 Å². The number of pyridine rings is 1. The summed E-state index contributed by atoms with van der Waals surface area (Å²) in [6, 6.07) is 8.06. The lowest BCUT2D eigenvalue weighted by Crippen LogP contribution is -2.40. The molecule has 0 bridgehead atoms. The van der Waals surface area contributed by atoms with Crippen LogP contribution in [-0.2, 0) is 5.92 Å². The molecular formula is C21H14F5N5. The van der Waals surface area contributed by atoms with Gasteiger partial charge in [-0.3, -0.25) is 15.8 Å². The van der Waals surface area contributed by atoms with Gasteiger partial charge in [0.1, 0.15) is 5.84 Å². The third kappa shape index (κ3) is 4.63. The van der Waals surface area contributed by atoms with Crippen molar-refractivity contribution in [1.82, 2.24) is 10.3 Å². The van der Waals surface area contributed by atoms with Crippen molar-refractivity contribution in [1.29, 1.82) is 16.2 Å². The van der Waals surface area contributed by atoms with E-state index in [1.807, 2.05) is 5.32 Å². The van der Waals surface area contributed by atoms with E-state index in [2.05, 4.69) is 4.98 Å². The number of alkyl halides is 2. The molecule has 0 spiro atoms. The second-order valence-electron chi connectivity index (χ2n) is 6.40. The van der Waals surface area contributed by atoms with Crippen LogP contribution in [0.25, 0.3) is 10.9 Å². The minimum atomic E-state index is -3.75. The minimum Gasteiger partial charge on any atom is -0.324 e. The number of fused-ring (bicyclic) bond motifs is 1. The molecule has 3 aromatic rings. The molecule has 0 aliphatic rings. The second-order valence-corrected chi connectivity index (χ2v) is 6.40. The fourth-order valence-electron chi connectivity index (χ4n) is 2.64. The number of amidine groups is 2. The maximum Gasteiger partial charge on any atom is 0.329 e. The molecule has 0 atom stereocenters. The van der Waals surface area contributed by atoms with E-state index in [9.17, 15) is 22.0 Å². The molecule has 158 valence electrons. The number of allylic oxidation sites excluding steroid dienone is 1. The van der Waals surface area contributed by atoms with E-state index in [4.69, 9.17) is 16.2 Å². The molecule has 10 heteroatoms. The minimum absolute atomic E-state index is 0.314. The number of rotatable bonds is 5. The van der Waals surface area contributed by atoms with E-state index in [1.165, 1.54) is 18.3 Å². The largest absolute Gasteiger partial charge is 0.329 e. The van der Waals surface area contributed by atoms with Crippen molar-refractivity contribution < 1.29 is 22.0 Å².